The van der Waals surface area contributed by atoms with Crippen LogP contribution >= 0.6 is 15.9 Å². The second-order valence-corrected chi connectivity index (χ2v) is 7.15. The van der Waals surface area contributed by atoms with Gasteiger partial charge in [-0.3, -0.25) is 9.59 Å². The zero-order chi connectivity index (χ0) is 20.3. The van der Waals surface area contributed by atoms with Crippen LogP contribution in [0.1, 0.15) is 16.7 Å². The van der Waals surface area contributed by atoms with Crippen LogP contribution < -0.4 is 10.1 Å². The van der Waals surface area contributed by atoms with Crippen molar-refractivity contribution in [3.05, 3.63) is 69.3 Å². The van der Waals surface area contributed by atoms with Gasteiger partial charge in [-0.25, -0.2) is 9.69 Å². The van der Waals surface area contributed by atoms with Gasteiger partial charge in [-0.1, -0.05) is 45.8 Å². The summed E-state index contributed by atoms with van der Waals surface area (Å²) in [5.74, 6) is -1.44. The number of ether oxygens (including phenoxy) is 1. The lowest BCUT2D eigenvalue weighted by atomic mass is 10.1. The predicted octanol–water partition coefficient (Wildman–Crippen LogP) is 3.31. The Morgan fingerprint density at radius 1 is 1.25 bits per heavy atom. The number of carboxylic acid groups (broad SMARTS) is 1. The number of aryl methyl sites for hydroxylation is 1. The molecule has 1 aliphatic heterocycles. The van der Waals surface area contributed by atoms with E-state index in [4.69, 9.17) is 9.84 Å². The van der Waals surface area contributed by atoms with Gasteiger partial charge in [-0.05, 0) is 36.8 Å². The van der Waals surface area contributed by atoms with Crippen molar-refractivity contribution in [2.75, 3.05) is 6.54 Å². The highest BCUT2D eigenvalue weighted by molar-refractivity contribution is 9.10. The minimum atomic E-state index is -1.27. The van der Waals surface area contributed by atoms with Crippen molar-refractivity contribution < 1.29 is 24.2 Å². The number of nitrogens with zero attached hydrogens (tertiary/aromatic N) is 1. The minimum absolute atomic E-state index is 0.00949. The summed E-state index contributed by atoms with van der Waals surface area (Å²) >= 11 is 3.38. The minimum Gasteiger partial charge on any atom is -0.488 e. The van der Waals surface area contributed by atoms with Gasteiger partial charge in [0.25, 0.3) is 5.91 Å². The van der Waals surface area contributed by atoms with Gasteiger partial charge in [0, 0.05) is 10.0 Å². The van der Waals surface area contributed by atoms with E-state index in [9.17, 15) is 14.4 Å². The van der Waals surface area contributed by atoms with Gasteiger partial charge >= 0.3 is 12.0 Å². The maximum Gasteiger partial charge on any atom is 0.329 e. The van der Waals surface area contributed by atoms with Gasteiger partial charge in [-0.15, -0.1) is 0 Å². The van der Waals surface area contributed by atoms with Gasteiger partial charge in [0.2, 0.25) is 0 Å². The summed E-state index contributed by atoms with van der Waals surface area (Å²) in [6, 6.07) is 12.4. The maximum absolute atomic E-state index is 12.3. The Kier molecular flexibility index (Phi) is 5.79. The number of hydrogen-bond donors (Lipinski definition) is 2. The van der Waals surface area contributed by atoms with E-state index in [2.05, 4.69) is 21.2 Å². The van der Waals surface area contributed by atoms with Crippen LogP contribution in [0, 0.1) is 6.92 Å². The number of urea groups is 1. The average Bonchev–Trinajstić information content (AvgIpc) is 2.88. The number of benzene rings is 2. The molecule has 0 bridgehead atoms. The molecule has 3 amide bonds. The molecular weight excluding hydrogens is 428 g/mol. The number of halogens is 1. The largest absolute Gasteiger partial charge is 0.488 e. The van der Waals surface area contributed by atoms with Gasteiger partial charge in [0.15, 0.2) is 0 Å². The van der Waals surface area contributed by atoms with Crippen LogP contribution in [0.15, 0.2) is 52.6 Å². The van der Waals surface area contributed by atoms with Crippen LogP contribution in [-0.4, -0.2) is 34.5 Å². The van der Waals surface area contributed by atoms with Gasteiger partial charge in [-0.2, -0.15) is 0 Å². The number of nitrogens with one attached hydrogen (secondary N) is 1. The molecule has 0 unspecified atom stereocenters. The van der Waals surface area contributed by atoms with Gasteiger partial charge in [0.1, 0.15) is 24.6 Å². The Labute approximate surface area is 169 Å². The summed E-state index contributed by atoms with van der Waals surface area (Å²) in [6.07, 6.45) is 1.47. The normalized spacial score (nSPS) is 15.1. The standard InChI is InChI=1S/C20H17BrN2O5/c1-12-3-2-4-13(7-12)11-28-17-6-5-15(21)8-14(17)9-16-19(26)23(10-18(24)25)20(27)22-16/h2-9H,10-11H2,1H3,(H,22,27)(H,24,25)/b16-9+. The van der Waals surface area contributed by atoms with E-state index in [1.54, 1.807) is 18.2 Å². The van der Waals surface area contributed by atoms with Crippen molar-refractivity contribution >= 4 is 39.9 Å². The van der Waals surface area contributed by atoms with Crippen molar-refractivity contribution in [2.45, 2.75) is 13.5 Å². The number of amides is 3. The lowest BCUT2D eigenvalue weighted by molar-refractivity contribution is -0.140. The second kappa shape index (κ2) is 8.26. The highest BCUT2D eigenvalue weighted by Gasteiger charge is 2.35. The number of carboxylic acids is 1. The van der Waals surface area contributed by atoms with Crippen LogP contribution in [0.5, 0.6) is 5.75 Å². The third-order valence-electron chi connectivity index (χ3n) is 4.00. The first-order valence-corrected chi connectivity index (χ1v) is 9.17. The van der Waals surface area contributed by atoms with Crippen LogP contribution in [0.2, 0.25) is 0 Å². The van der Waals surface area contributed by atoms with E-state index >= 15 is 0 Å². The van der Waals surface area contributed by atoms with Crippen LogP contribution in [0.25, 0.3) is 6.08 Å². The zero-order valence-corrected chi connectivity index (χ0v) is 16.5. The van der Waals surface area contributed by atoms with Crippen LogP contribution in [-0.2, 0) is 16.2 Å². The van der Waals surface area contributed by atoms with Crippen molar-refractivity contribution in [3.63, 3.8) is 0 Å². The highest BCUT2D eigenvalue weighted by Crippen LogP contribution is 2.27. The van der Waals surface area contributed by atoms with E-state index in [-0.39, 0.29) is 5.70 Å². The molecular formula is C20H17BrN2O5. The number of aliphatic carboxylic acids is 1. The van der Waals surface area contributed by atoms with E-state index in [0.29, 0.717) is 22.8 Å². The Balaban J connectivity index is 1.84. The smallest absolute Gasteiger partial charge is 0.329 e. The maximum atomic E-state index is 12.3. The fraction of sp³-hybridized carbons (Fsp3) is 0.150. The summed E-state index contributed by atoms with van der Waals surface area (Å²) < 4.78 is 6.67. The SMILES string of the molecule is Cc1cccc(COc2ccc(Br)cc2/C=C2/NC(=O)N(CC(=O)O)C2=O)c1. The monoisotopic (exact) mass is 444 g/mol. The molecule has 8 heteroatoms. The molecule has 0 aromatic heterocycles. The topological polar surface area (TPSA) is 95.9 Å². The lowest BCUT2D eigenvalue weighted by Crippen LogP contribution is -2.35. The van der Waals surface area contributed by atoms with Crippen molar-refractivity contribution in [1.29, 1.82) is 0 Å². The Morgan fingerprint density at radius 2 is 2.04 bits per heavy atom. The zero-order valence-electron chi connectivity index (χ0n) is 14.9. The summed E-state index contributed by atoms with van der Waals surface area (Å²) in [6.45, 7) is 1.64. The van der Waals surface area contributed by atoms with E-state index in [1.807, 2.05) is 31.2 Å². The van der Waals surface area contributed by atoms with E-state index < -0.39 is 24.5 Å². The molecule has 0 aliphatic carbocycles. The molecule has 1 aliphatic rings. The third kappa shape index (κ3) is 4.58. The molecule has 1 saturated heterocycles. The molecule has 2 N–H and O–H groups in total. The molecule has 144 valence electrons. The summed E-state index contributed by atoms with van der Waals surface area (Å²) in [5.41, 5.74) is 2.68. The van der Waals surface area contributed by atoms with Gasteiger partial charge < -0.3 is 15.2 Å². The molecule has 2 aromatic carbocycles. The number of rotatable bonds is 6. The molecule has 1 fully saturated rings. The Bertz CT molecular complexity index is 986. The van der Waals surface area contributed by atoms with Crippen LogP contribution in [0.4, 0.5) is 4.79 Å². The van der Waals surface area contributed by atoms with Crippen molar-refractivity contribution in [2.24, 2.45) is 0 Å². The molecule has 3 rings (SSSR count). The van der Waals surface area contributed by atoms with Crippen molar-refractivity contribution in [1.82, 2.24) is 10.2 Å². The first-order chi connectivity index (χ1) is 13.3. The van der Waals surface area contributed by atoms with Gasteiger partial charge in [0.05, 0.1) is 0 Å². The predicted molar refractivity (Wildman–Crippen MR) is 106 cm³/mol. The van der Waals surface area contributed by atoms with E-state index in [1.165, 1.54) is 6.08 Å². The molecule has 2 aromatic rings. The number of imide groups is 1. The Morgan fingerprint density at radius 3 is 2.75 bits per heavy atom. The molecule has 28 heavy (non-hydrogen) atoms. The average molecular weight is 445 g/mol. The second-order valence-electron chi connectivity index (χ2n) is 6.23. The van der Waals surface area contributed by atoms with Crippen molar-refractivity contribution in [3.8, 4) is 5.75 Å². The number of carbonyl (C=O) groups excluding carboxylic acids is 2. The first kappa shape index (κ1) is 19.6. The molecule has 7 nitrogen and oxygen atoms in total. The summed E-state index contributed by atoms with van der Waals surface area (Å²) in [7, 11) is 0. The molecule has 0 atom stereocenters. The quantitative estimate of drug-likeness (QED) is 0.526. The molecule has 0 saturated carbocycles. The highest BCUT2D eigenvalue weighted by atomic mass is 79.9. The number of carbonyl (C=O) groups is 3. The first-order valence-electron chi connectivity index (χ1n) is 8.38. The summed E-state index contributed by atoms with van der Waals surface area (Å²) in [5, 5.41) is 11.2. The Hall–Kier alpha value is -3.13. The number of hydrogen-bond acceptors (Lipinski definition) is 4. The fourth-order valence-electron chi connectivity index (χ4n) is 2.73. The summed E-state index contributed by atoms with van der Waals surface area (Å²) in [4.78, 5) is 35.7. The molecule has 0 radical (unpaired) electrons. The van der Waals surface area contributed by atoms with Crippen LogP contribution in [0.3, 0.4) is 0 Å². The fourth-order valence-corrected chi connectivity index (χ4v) is 3.11. The lowest BCUT2D eigenvalue weighted by Gasteiger charge is -2.11. The third-order valence-corrected chi connectivity index (χ3v) is 4.50. The molecule has 1 heterocycles. The van der Waals surface area contributed by atoms with E-state index in [0.717, 1.165) is 15.6 Å². The molecule has 0 spiro atoms.